The third-order valence-corrected chi connectivity index (χ3v) is 4.63. The standard InChI is InChI=1S/C18H20ClN3O/c19-16-7-5-15(6-8-16)18(9-1-2-10-18)22-17(23)21-13-14-4-3-11-20-12-14/h3-8,11-12H,1-2,9-10,13H2,(H2,21,22,23). The Hall–Kier alpha value is -2.07. The van der Waals surface area contributed by atoms with E-state index in [1.165, 1.54) is 0 Å². The molecule has 0 bridgehead atoms. The molecule has 0 saturated heterocycles. The average Bonchev–Trinajstić information content (AvgIpc) is 3.04. The van der Waals surface area contributed by atoms with Crippen LogP contribution in [-0.2, 0) is 12.1 Å². The Morgan fingerprint density at radius 1 is 1.17 bits per heavy atom. The van der Waals surface area contributed by atoms with Crippen molar-refractivity contribution in [3.05, 3.63) is 64.9 Å². The SMILES string of the molecule is O=C(NCc1cccnc1)NC1(c2ccc(Cl)cc2)CCCC1. The fraction of sp³-hybridized carbons (Fsp3) is 0.333. The highest BCUT2D eigenvalue weighted by Crippen LogP contribution is 2.39. The van der Waals surface area contributed by atoms with Gasteiger partial charge in [0.25, 0.3) is 0 Å². The van der Waals surface area contributed by atoms with Gasteiger partial charge in [0.05, 0.1) is 5.54 Å². The molecule has 0 spiro atoms. The van der Waals surface area contributed by atoms with Crippen LogP contribution in [0.2, 0.25) is 5.02 Å². The zero-order chi connectivity index (χ0) is 16.1. The number of hydrogen-bond donors (Lipinski definition) is 2. The molecule has 23 heavy (non-hydrogen) atoms. The Morgan fingerprint density at radius 2 is 1.91 bits per heavy atom. The van der Waals surface area contributed by atoms with Gasteiger partial charge in [-0.05, 0) is 42.2 Å². The molecular weight excluding hydrogens is 310 g/mol. The van der Waals surface area contributed by atoms with Crippen LogP contribution in [0.25, 0.3) is 0 Å². The number of halogens is 1. The van der Waals surface area contributed by atoms with Gasteiger partial charge in [0, 0.05) is 24.0 Å². The lowest BCUT2D eigenvalue weighted by Gasteiger charge is -2.31. The molecule has 1 saturated carbocycles. The summed E-state index contributed by atoms with van der Waals surface area (Å²) >= 11 is 5.98. The van der Waals surface area contributed by atoms with Gasteiger partial charge < -0.3 is 10.6 Å². The van der Waals surface area contributed by atoms with Crippen molar-refractivity contribution in [1.82, 2.24) is 15.6 Å². The predicted molar refractivity (Wildman–Crippen MR) is 91.2 cm³/mol. The highest BCUT2D eigenvalue weighted by atomic mass is 35.5. The van der Waals surface area contributed by atoms with E-state index in [1.54, 1.807) is 12.4 Å². The Bertz CT molecular complexity index is 652. The van der Waals surface area contributed by atoms with E-state index in [1.807, 2.05) is 36.4 Å². The van der Waals surface area contributed by atoms with Crippen molar-refractivity contribution in [3.8, 4) is 0 Å². The molecule has 1 aliphatic rings. The quantitative estimate of drug-likeness (QED) is 0.890. The normalized spacial score (nSPS) is 16.0. The topological polar surface area (TPSA) is 54.0 Å². The summed E-state index contributed by atoms with van der Waals surface area (Å²) < 4.78 is 0. The number of pyridine rings is 1. The summed E-state index contributed by atoms with van der Waals surface area (Å²) in [5.41, 5.74) is 1.81. The van der Waals surface area contributed by atoms with Gasteiger partial charge in [0.2, 0.25) is 0 Å². The first-order valence-electron chi connectivity index (χ1n) is 7.89. The third-order valence-electron chi connectivity index (χ3n) is 4.38. The van der Waals surface area contributed by atoms with Crippen molar-refractivity contribution < 1.29 is 4.79 Å². The van der Waals surface area contributed by atoms with Crippen LogP contribution < -0.4 is 10.6 Å². The van der Waals surface area contributed by atoms with Gasteiger partial charge in [-0.15, -0.1) is 0 Å². The largest absolute Gasteiger partial charge is 0.334 e. The van der Waals surface area contributed by atoms with E-state index in [-0.39, 0.29) is 11.6 Å². The first-order valence-corrected chi connectivity index (χ1v) is 8.27. The van der Waals surface area contributed by atoms with Crippen molar-refractivity contribution in [2.24, 2.45) is 0 Å². The minimum absolute atomic E-state index is 0.147. The Morgan fingerprint density at radius 3 is 2.57 bits per heavy atom. The first-order chi connectivity index (χ1) is 11.2. The average molecular weight is 330 g/mol. The number of amides is 2. The summed E-state index contributed by atoms with van der Waals surface area (Å²) in [6.45, 7) is 0.469. The maximum absolute atomic E-state index is 12.3. The molecule has 0 aliphatic heterocycles. The number of aromatic nitrogens is 1. The Labute approximate surface area is 141 Å². The fourth-order valence-electron chi connectivity index (χ4n) is 3.18. The lowest BCUT2D eigenvalue weighted by atomic mass is 9.88. The van der Waals surface area contributed by atoms with Gasteiger partial charge in [0.15, 0.2) is 0 Å². The second-order valence-electron chi connectivity index (χ2n) is 5.97. The zero-order valence-corrected chi connectivity index (χ0v) is 13.6. The summed E-state index contributed by atoms with van der Waals surface area (Å²) in [5, 5.41) is 6.81. The van der Waals surface area contributed by atoms with Crippen LogP contribution in [0.4, 0.5) is 4.79 Å². The molecule has 1 aromatic heterocycles. The highest BCUT2D eigenvalue weighted by Gasteiger charge is 2.36. The van der Waals surface area contributed by atoms with Crippen molar-refractivity contribution in [3.63, 3.8) is 0 Å². The van der Waals surface area contributed by atoms with E-state index in [0.29, 0.717) is 11.6 Å². The summed E-state index contributed by atoms with van der Waals surface area (Å²) in [7, 11) is 0. The van der Waals surface area contributed by atoms with Gasteiger partial charge >= 0.3 is 6.03 Å². The number of carbonyl (C=O) groups is 1. The molecule has 0 unspecified atom stereocenters. The lowest BCUT2D eigenvalue weighted by Crippen LogP contribution is -2.48. The molecular formula is C18H20ClN3O. The van der Waals surface area contributed by atoms with Gasteiger partial charge in [-0.2, -0.15) is 0 Å². The van der Waals surface area contributed by atoms with E-state index >= 15 is 0 Å². The van der Waals surface area contributed by atoms with E-state index in [0.717, 1.165) is 36.8 Å². The van der Waals surface area contributed by atoms with Crippen LogP contribution in [0.3, 0.4) is 0 Å². The number of rotatable bonds is 4. The minimum atomic E-state index is -0.288. The fourth-order valence-corrected chi connectivity index (χ4v) is 3.31. The summed E-state index contributed by atoms with van der Waals surface area (Å²) in [6, 6.07) is 11.4. The lowest BCUT2D eigenvalue weighted by molar-refractivity contribution is 0.224. The molecule has 120 valence electrons. The number of benzene rings is 1. The van der Waals surface area contributed by atoms with Crippen LogP contribution in [-0.4, -0.2) is 11.0 Å². The number of nitrogens with zero attached hydrogens (tertiary/aromatic N) is 1. The molecule has 3 rings (SSSR count). The van der Waals surface area contributed by atoms with Crippen molar-refractivity contribution in [1.29, 1.82) is 0 Å². The molecule has 0 radical (unpaired) electrons. The number of nitrogens with one attached hydrogen (secondary N) is 2. The monoisotopic (exact) mass is 329 g/mol. The van der Waals surface area contributed by atoms with E-state index in [2.05, 4.69) is 15.6 Å². The van der Waals surface area contributed by atoms with Gasteiger partial charge in [-0.3, -0.25) is 4.98 Å². The highest BCUT2D eigenvalue weighted by molar-refractivity contribution is 6.30. The molecule has 1 aliphatic carbocycles. The van der Waals surface area contributed by atoms with E-state index in [4.69, 9.17) is 11.6 Å². The molecule has 1 aromatic carbocycles. The molecule has 2 aromatic rings. The van der Waals surface area contributed by atoms with Crippen LogP contribution in [0.1, 0.15) is 36.8 Å². The molecule has 5 heteroatoms. The second kappa shape index (κ2) is 7.01. The van der Waals surface area contributed by atoms with E-state index in [9.17, 15) is 4.79 Å². The van der Waals surface area contributed by atoms with Gasteiger partial charge in [0.1, 0.15) is 0 Å². The maximum Gasteiger partial charge on any atom is 0.315 e. The Balaban J connectivity index is 1.67. The predicted octanol–water partition coefficient (Wildman–Crippen LogP) is 4.00. The Kier molecular flexibility index (Phi) is 4.82. The van der Waals surface area contributed by atoms with Crippen LogP contribution >= 0.6 is 11.6 Å². The summed E-state index contributed by atoms with van der Waals surface area (Å²) in [6.07, 6.45) is 7.61. The molecule has 0 atom stereocenters. The number of urea groups is 1. The van der Waals surface area contributed by atoms with Crippen molar-refractivity contribution >= 4 is 17.6 Å². The van der Waals surface area contributed by atoms with Crippen LogP contribution in [0, 0.1) is 0 Å². The summed E-state index contributed by atoms with van der Waals surface area (Å²) in [5.74, 6) is 0. The van der Waals surface area contributed by atoms with Gasteiger partial charge in [-0.25, -0.2) is 4.79 Å². The third kappa shape index (κ3) is 3.82. The van der Waals surface area contributed by atoms with Gasteiger partial charge in [-0.1, -0.05) is 42.6 Å². The molecule has 2 amide bonds. The molecule has 1 heterocycles. The number of carbonyl (C=O) groups excluding carboxylic acids is 1. The first kappa shape index (κ1) is 15.8. The number of hydrogen-bond acceptors (Lipinski definition) is 2. The smallest absolute Gasteiger partial charge is 0.315 e. The van der Waals surface area contributed by atoms with E-state index < -0.39 is 0 Å². The molecule has 2 N–H and O–H groups in total. The minimum Gasteiger partial charge on any atom is -0.334 e. The molecule has 4 nitrogen and oxygen atoms in total. The van der Waals surface area contributed by atoms with Crippen molar-refractivity contribution in [2.45, 2.75) is 37.8 Å². The second-order valence-corrected chi connectivity index (χ2v) is 6.40. The summed E-state index contributed by atoms with van der Waals surface area (Å²) in [4.78, 5) is 16.4. The maximum atomic E-state index is 12.3. The zero-order valence-electron chi connectivity index (χ0n) is 12.9. The van der Waals surface area contributed by atoms with Crippen LogP contribution in [0.15, 0.2) is 48.8 Å². The van der Waals surface area contributed by atoms with Crippen molar-refractivity contribution in [2.75, 3.05) is 0 Å². The molecule has 1 fully saturated rings. The van der Waals surface area contributed by atoms with Crippen LogP contribution in [0.5, 0.6) is 0 Å².